The van der Waals surface area contributed by atoms with Gasteiger partial charge in [-0.25, -0.2) is 0 Å². The molecule has 2 aromatic carbocycles. The van der Waals surface area contributed by atoms with Crippen LogP contribution in [0.1, 0.15) is 17.2 Å². The zero-order valence-electron chi connectivity index (χ0n) is 9.51. The quantitative estimate of drug-likeness (QED) is 0.739. The fraction of sp³-hybridized carbons (Fsp3) is 0.200. The lowest BCUT2D eigenvalue weighted by Gasteiger charge is -2.04. The standard InChI is InChI=1S/C15H14ClN/c16-14-8-6-13(7-9-14)15-11-17(15)10-12-4-2-1-3-5-12/h1-9,15H,10-11H2. The third kappa shape index (κ3) is 2.51. The highest BCUT2D eigenvalue weighted by atomic mass is 35.5. The lowest BCUT2D eigenvalue weighted by Crippen LogP contribution is -1.98. The topological polar surface area (TPSA) is 3.01 Å². The highest BCUT2D eigenvalue weighted by Crippen LogP contribution is 2.36. The molecule has 2 heteroatoms. The molecule has 0 aromatic heterocycles. The van der Waals surface area contributed by atoms with Crippen LogP contribution in [0.4, 0.5) is 0 Å². The van der Waals surface area contributed by atoms with E-state index >= 15 is 0 Å². The van der Waals surface area contributed by atoms with E-state index in [2.05, 4.69) is 47.4 Å². The van der Waals surface area contributed by atoms with Crippen molar-refractivity contribution < 1.29 is 0 Å². The number of hydrogen-bond acceptors (Lipinski definition) is 1. The molecule has 3 rings (SSSR count). The van der Waals surface area contributed by atoms with E-state index in [0.717, 1.165) is 18.1 Å². The second kappa shape index (κ2) is 4.52. The third-order valence-corrected chi connectivity index (χ3v) is 3.45. The molecule has 2 atom stereocenters. The van der Waals surface area contributed by atoms with Gasteiger partial charge in [-0.1, -0.05) is 54.1 Å². The molecule has 2 unspecified atom stereocenters. The normalized spacial score (nSPS) is 22.4. The van der Waals surface area contributed by atoms with E-state index in [4.69, 9.17) is 11.6 Å². The smallest absolute Gasteiger partial charge is 0.0479 e. The first kappa shape index (κ1) is 10.8. The van der Waals surface area contributed by atoms with Crippen LogP contribution < -0.4 is 0 Å². The van der Waals surface area contributed by atoms with Crippen molar-refractivity contribution in [3.05, 3.63) is 70.7 Å². The Bertz CT molecular complexity index is 492. The molecule has 0 bridgehead atoms. The molecule has 0 N–H and O–H groups in total. The fourth-order valence-corrected chi connectivity index (χ4v) is 2.29. The molecule has 0 saturated carbocycles. The molecular weight excluding hydrogens is 230 g/mol. The summed E-state index contributed by atoms with van der Waals surface area (Å²) in [5, 5.41) is 0.809. The summed E-state index contributed by atoms with van der Waals surface area (Å²) >= 11 is 5.89. The van der Waals surface area contributed by atoms with Crippen molar-refractivity contribution >= 4 is 11.6 Å². The number of rotatable bonds is 3. The Morgan fingerprint density at radius 2 is 1.71 bits per heavy atom. The second-order valence-electron chi connectivity index (χ2n) is 4.48. The Morgan fingerprint density at radius 1 is 1.00 bits per heavy atom. The van der Waals surface area contributed by atoms with Crippen molar-refractivity contribution in [2.24, 2.45) is 0 Å². The number of benzene rings is 2. The molecule has 0 radical (unpaired) electrons. The minimum atomic E-state index is 0.576. The van der Waals surface area contributed by atoms with Crippen LogP contribution in [0, 0.1) is 0 Å². The third-order valence-electron chi connectivity index (χ3n) is 3.20. The maximum Gasteiger partial charge on any atom is 0.0479 e. The molecule has 17 heavy (non-hydrogen) atoms. The molecule has 1 aliphatic heterocycles. The first-order valence-electron chi connectivity index (χ1n) is 5.86. The Labute approximate surface area is 107 Å². The zero-order valence-corrected chi connectivity index (χ0v) is 10.3. The molecule has 0 amide bonds. The van der Waals surface area contributed by atoms with E-state index < -0.39 is 0 Å². The predicted molar refractivity (Wildman–Crippen MR) is 71.0 cm³/mol. The minimum Gasteiger partial charge on any atom is -0.289 e. The number of hydrogen-bond donors (Lipinski definition) is 0. The van der Waals surface area contributed by atoms with Gasteiger partial charge in [0, 0.05) is 24.2 Å². The molecule has 1 fully saturated rings. The van der Waals surface area contributed by atoms with Gasteiger partial charge in [-0.2, -0.15) is 0 Å². The van der Waals surface area contributed by atoms with Crippen molar-refractivity contribution in [1.29, 1.82) is 0 Å². The Kier molecular flexibility index (Phi) is 2.87. The van der Waals surface area contributed by atoms with Gasteiger partial charge in [0.05, 0.1) is 0 Å². The van der Waals surface area contributed by atoms with Gasteiger partial charge in [0.15, 0.2) is 0 Å². The summed E-state index contributed by atoms with van der Waals surface area (Å²) in [6.45, 7) is 2.19. The van der Waals surface area contributed by atoms with Crippen molar-refractivity contribution in [3.8, 4) is 0 Å². The molecule has 0 spiro atoms. The zero-order chi connectivity index (χ0) is 11.7. The first-order valence-corrected chi connectivity index (χ1v) is 6.24. The Morgan fingerprint density at radius 3 is 2.41 bits per heavy atom. The summed E-state index contributed by atoms with van der Waals surface area (Å²) in [5.41, 5.74) is 2.74. The largest absolute Gasteiger partial charge is 0.289 e. The summed E-state index contributed by atoms with van der Waals surface area (Å²) in [6.07, 6.45) is 0. The van der Waals surface area contributed by atoms with Crippen LogP contribution in [0.5, 0.6) is 0 Å². The molecule has 1 aliphatic rings. The van der Waals surface area contributed by atoms with Crippen molar-refractivity contribution in [2.45, 2.75) is 12.6 Å². The van der Waals surface area contributed by atoms with Gasteiger partial charge in [-0.15, -0.1) is 0 Å². The first-order chi connectivity index (χ1) is 8.33. The van der Waals surface area contributed by atoms with E-state index in [1.54, 1.807) is 0 Å². The second-order valence-corrected chi connectivity index (χ2v) is 4.92. The highest BCUT2D eigenvalue weighted by molar-refractivity contribution is 6.30. The van der Waals surface area contributed by atoms with E-state index in [9.17, 15) is 0 Å². The summed E-state index contributed by atoms with van der Waals surface area (Å²) in [6, 6.07) is 19.4. The average molecular weight is 244 g/mol. The van der Waals surface area contributed by atoms with Gasteiger partial charge in [0.2, 0.25) is 0 Å². The average Bonchev–Trinajstić information content (AvgIpc) is 3.11. The summed E-state index contributed by atoms with van der Waals surface area (Å²) in [5.74, 6) is 0. The van der Waals surface area contributed by atoms with E-state index in [0.29, 0.717) is 6.04 Å². The van der Waals surface area contributed by atoms with Crippen LogP contribution in [-0.4, -0.2) is 11.4 Å². The van der Waals surface area contributed by atoms with Crippen LogP contribution in [-0.2, 0) is 6.54 Å². The summed E-state index contributed by atoms with van der Waals surface area (Å²) < 4.78 is 0. The maximum absolute atomic E-state index is 5.89. The SMILES string of the molecule is Clc1ccc(C2CN2Cc2ccccc2)cc1. The summed E-state index contributed by atoms with van der Waals surface area (Å²) in [4.78, 5) is 2.46. The van der Waals surface area contributed by atoms with Gasteiger partial charge < -0.3 is 0 Å². The minimum absolute atomic E-state index is 0.576. The summed E-state index contributed by atoms with van der Waals surface area (Å²) in [7, 11) is 0. The number of halogens is 1. The van der Waals surface area contributed by atoms with Gasteiger partial charge >= 0.3 is 0 Å². The monoisotopic (exact) mass is 243 g/mol. The van der Waals surface area contributed by atoms with Crippen LogP contribution in [0.15, 0.2) is 54.6 Å². The number of nitrogens with zero attached hydrogens (tertiary/aromatic N) is 1. The predicted octanol–water partition coefficient (Wildman–Crippen LogP) is 3.90. The van der Waals surface area contributed by atoms with E-state index in [-0.39, 0.29) is 0 Å². The molecule has 2 aromatic rings. The van der Waals surface area contributed by atoms with Crippen LogP contribution in [0.3, 0.4) is 0 Å². The van der Waals surface area contributed by atoms with Crippen molar-refractivity contribution in [1.82, 2.24) is 4.90 Å². The molecule has 86 valence electrons. The Balaban J connectivity index is 1.65. The van der Waals surface area contributed by atoms with Crippen LogP contribution in [0.2, 0.25) is 5.02 Å². The van der Waals surface area contributed by atoms with E-state index in [1.807, 2.05) is 12.1 Å². The maximum atomic E-state index is 5.89. The van der Waals surface area contributed by atoms with E-state index in [1.165, 1.54) is 11.1 Å². The lowest BCUT2D eigenvalue weighted by molar-refractivity contribution is 0.509. The van der Waals surface area contributed by atoms with Gasteiger partial charge in [-0.3, -0.25) is 4.90 Å². The van der Waals surface area contributed by atoms with Gasteiger partial charge in [-0.05, 0) is 23.3 Å². The van der Waals surface area contributed by atoms with Crippen molar-refractivity contribution in [2.75, 3.05) is 6.54 Å². The highest BCUT2D eigenvalue weighted by Gasteiger charge is 2.34. The molecule has 1 nitrogen and oxygen atoms in total. The molecule has 1 heterocycles. The Hall–Kier alpha value is -1.31. The molecule has 1 saturated heterocycles. The fourth-order valence-electron chi connectivity index (χ4n) is 2.17. The van der Waals surface area contributed by atoms with Crippen molar-refractivity contribution in [3.63, 3.8) is 0 Å². The van der Waals surface area contributed by atoms with Crippen LogP contribution >= 0.6 is 11.6 Å². The molecular formula is C15H14ClN. The molecule has 0 aliphatic carbocycles. The van der Waals surface area contributed by atoms with Gasteiger partial charge in [0.25, 0.3) is 0 Å². The van der Waals surface area contributed by atoms with Crippen LogP contribution in [0.25, 0.3) is 0 Å². The lowest BCUT2D eigenvalue weighted by atomic mass is 10.1. The van der Waals surface area contributed by atoms with Gasteiger partial charge in [0.1, 0.15) is 0 Å².